The first kappa shape index (κ1) is 33.8. The Morgan fingerprint density at radius 2 is 1.00 bits per heavy atom. The average molecular weight is 656 g/mol. The molecule has 1 heterocycles. The van der Waals surface area contributed by atoms with Gasteiger partial charge in [-0.05, 0) is 0 Å². The normalized spacial score (nSPS) is 18.8. The Hall–Kier alpha value is 0.782. The maximum absolute atomic E-state index is 6.37. The zero-order chi connectivity index (χ0) is 26.2. The second-order valence-corrected chi connectivity index (χ2v) is 35.3. The molecule has 0 aliphatic carbocycles. The van der Waals surface area contributed by atoms with E-state index in [4.69, 9.17) is 17.9 Å². The van der Waals surface area contributed by atoms with Crippen LogP contribution in [-0.2, 0) is 4.74 Å². The molecule has 0 spiro atoms. The van der Waals surface area contributed by atoms with Crippen LogP contribution in [-0.4, -0.2) is 44.9 Å². The van der Waals surface area contributed by atoms with Gasteiger partial charge in [0, 0.05) is 0 Å². The molecule has 0 N–H and O–H groups in total. The van der Waals surface area contributed by atoms with Gasteiger partial charge in [-0.15, -0.1) is 0 Å². The van der Waals surface area contributed by atoms with Gasteiger partial charge in [-0.1, -0.05) is 0 Å². The first-order valence-electron chi connectivity index (χ1n) is 15.9. The number of hydrogen-bond donors (Lipinski definition) is 0. The van der Waals surface area contributed by atoms with Crippen LogP contribution in [0.1, 0.15) is 119 Å². The quantitative estimate of drug-likeness (QED) is 0.105. The molecule has 0 bridgehead atoms. The number of unbranched alkanes of at least 4 members (excludes halogenated alkanes) is 6. The van der Waals surface area contributed by atoms with E-state index in [1.165, 1.54) is 106 Å². The molecular weight excluding hydrogens is 592 g/mol. The van der Waals surface area contributed by atoms with Crippen LogP contribution in [0.25, 0.3) is 0 Å². The average Bonchev–Trinajstić information content (AvgIpc) is 3.37. The van der Waals surface area contributed by atoms with Gasteiger partial charge in [-0.3, -0.25) is 0 Å². The van der Waals surface area contributed by atoms with Crippen LogP contribution < -0.4 is 0 Å². The topological polar surface area (TPSA) is 9.23 Å². The fourth-order valence-electron chi connectivity index (χ4n) is 6.83. The van der Waals surface area contributed by atoms with Crippen molar-refractivity contribution in [2.45, 2.75) is 148 Å². The van der Waals surface area contributed by atoms with Crippen molar-refractivity contribution in [3.63, 3.8) is 0 Å². The SMILES string of the molecule is C=[C]([C@H]1COC[C@@H]1[C](=C)[Sn]([CH2]CCC)([CH2]CCC)[CH2]CCC)[Ge]([CH2]CCC)([CH2]CCC)[CH2]CCC. The minimum absolute atomic E-state index is 0.592. The minimum atomic E-state index is -2.49. The monoisotopic (exact) mass is 658 g/mol. The fourth-order valence-corrected chi connectivity index (χ4v) is 35.9. The Labute approximate surface area is 229 Å². The van der Waals surface area contributed by atoms with E-state index in [2.05, 4.69) is 41.5 Å². The third-order valence-electron chi connectivity index (χ3n) is 9.39. The van der Waals surface area contributed by atoms with Crippen molar-refractivity contribution in [3.8, 4) is 0 Å². The van der Waals surface area contributed by atoms with Crippen molar-refractivity contribution in [1.29, 1.82) is 0 Å². The summed E-state index contributed by atoms with van der Waals surface area (Å²) < 4.78 is 14.5. The summed E-state index contributed by atoms with van der Waals surface area (Å²) >= 11 is -4.69. The standard InChI is InChI=1S/C20H37GeO.3C4H9.Sn/c1-6-10-13-21(14-11-7-2,15-12-8-3)18(5)20-17-22-16-19(20)9-4;3*1-3-4-2;/h19-20H,4-8,10-17H2,1-3H3;3*1,3-4H2,2H3;/t19-,20+;;;;/m0..../s1. The molecule has 1 fully saturated rings. The van der Waals surface area contributed by atoms with Crippen molar-refractivity contribution >= 4 is 31.6 Å². The molecule has 0 unspecified atom stereocenters. The van der Waals surface area contributed by atoms with E-state index in [1.807, 2.05) is 0 Å². The molecule has 2 atom stereocenters. The van der Waals surface area contributed by atoms with Crippen LogP contribution in [0.3, 0.4) is 0 Å². The Balaban J connectivity index is 3.34. The van der Waals surface area contributed by atoms with Gasteiger partial charge in [0.15, 0.2) is 0 Å². The van der Waals surface area contributed by atoms with Crippen LogP contribution in [0.2, 0.25) is 29.1 Å². The molecule has 1 saturated heterocycles. The molecule has 0 aromatic heterocycles. The van der Waals surface area contributed by atoms with Crippen molar-refractivity contribution in [1.82, 2.24) is 0 Å². The molecule has 0 saturated carbocycles. The maximum atomic E-state index is 6.37. The van der Waals surface area contributed by atoms with E-state index in [-0.39, 0.29) is 0 Å². The Morgan fingerprint density at radius 1 is 0.629 bits per heavy atom. The number of ether oxygens (including phenoxy) is 1. The predicted octanol–water partition coefficient (Wildman–Crippen LogP) is 11.1. The zero-order valence-corrected chi connectivity index (χ0v) is 30.1. The van der Waals surface area contributed by atoms with Gasteiger partial charge in [0.25, 0.3) is 0 Å². The summed E-state index contributed by atoms with van der Waals surface area (Å²) in [5.41, 5.74) is 0. The van der Waals surface area contributed by atoms with E-state index < -0.39 is 31.6 Å². The molecule has 206 valence electrons. The van der Waals surface area contributed by atoms with Crippen molar-refractivity contribution < 1.29 is 4.74 Å². The Kier molecular flexibility index (Phi) is 18.3. The van der Waals surface area contributed by atoms with E-state index in [9.17, 15) is 0 Å². The summed E-state index contributed by atoms with van der Waals surface area (Å²) in [7, 11) is 0. The van der Waals surface area contributed by atoms with Crippen LogP contribution in [0.4, 0.5) is 0 Å². The van der Waals surface area contributed by atoms with E-state index in [0.717, 1.165) is 13.2 Å². The van der Waals surface area contributed by atoms with Crippen LogP contribution >= 0.6 is 0 Å². The molecule has 1 aliphatic rings. The van der Waals surface area contributed by atoms with Crippen LogP contribution in [0, 0.1) is 11.8 Å². The summed E-state index contributed by atoms with van der Waals surface area (Å²) in [5, 5.41) is 4.54. The summed E-state index contributed by atoms with van der Waals surface area (Å²) in [6.07, 6.45) is 16.5. The van der Waals surface area contributed by atoms with Crippen molar-refractivity contribution in [3.05, 3.63) is 21.2 Å². The third-order valence-corrected chi connectivity index (χ3v) is 37.4. The van der Waals surface area contributed by atoms with Gasteiger partial charge in [0.1, 0.15) is 0 Å². The van der Waals surface area contributed by atoms with Gasteiger partial charge in [-0.25, -0.2) is 0 Å². The number of rotatable bonds is 22. The summed E-state index contributed by atoms with van der Waals surface area (Å²) in [6, 6.07) is 0. The van der Waals surface area contributed by atoms with Gasteiger partial charge in [-0.2, -0.15) is 0 Å². The Bertz CT molecular complexity index is 493. The number of hydrogen-bond acceptors (Lipinski definition) is 1. The van der Waals surface area contributed by atoms with Crippen LogP contribution in [0.5, 0.6) is 0 Å². The summed E-state index contributed by atoms with van der Waals surface area (Å²) in [4.78, 5) is 0. The van der Waals surface area contributed by atoms with Gasteiger partial charge in [0.2, 0.25) is 0 Å². The molecule has 1 nitrogen and oxygen atoms in total. The Morgan fingerprint density at radius 3 is 1.37 bits per heavy atom. The van der Waals surface area contributed by atoms with Crippen LogP contribution in [0.15, 0.2) is 21.2 Å². The third kappa shape index (κ3) is 10.1. The van der Waals surface area contributed by atoms with E-state index >= 15 is 0 Å². The van der Waals surface area contributed by atoms with Gasteiger partial charge >= 0.3 is 230 Å². The second kappa shape index (κ2) is 18.9. The predicted molar refractivity (Wildman–Crippen MR) is 166 cm³/mol. The second-order valence-electron chi connectivity index (χ2n) is 12.0. The van der Waals surface area contributed by atoms with E-state index in [0.29, 0.717) is 11.8 Å². The molecule has 0 aromatic rings. The fraction of sp³-hybridized carbons (Fsp3) is 0.875. The molecule has 0 radical (unpaired) electrons. The first-order valence-corrected chi connectivity index (χ1v) is 28.9. The van der Waals surface area contributed by atoms with Crippen molar-refractivity contribution in [2.75, 3.05) is 13.2 Å². The van der Waals surface area contributed by atoms with Crippen molar-refractivity contribution in [2.24, 2.45) is 11.8 Å². The molecule has 3 heteroatoms. The molecule has 35 heavy (non-hydrogen) atoms. The molecule has 0 aromatic carbocycles. The van der Waals surface area contributed by atoms with Gasteiger partial charge < -0.3 is 0 Å². The zero-order valence-electron chi connectivity index (χ0n) is 25.1. The molecule has 1 rings (SSSR count). The van der Waals surface area contributed by atoms with Gasteiger partial charge in [0.05, 0.1) is 0 Å². The molecular formula is C32H64GeOSn. The summed E-state index contributed by atoms with van der Waals surface area (Å²) in [6.45, 7) is 26.3. The first-order chi connectivity index (χ1) is 16.9. The molecule has 1 aliphatic heterocycles. The molecule has 0 amide bonds. The van der Waals surface area contributed by atoms with E-state index in [1.54, 1.807) is 7.99 Å². The summed E-state index contributed by atoms with van der Waals surface area (Å²) in [5.74, 6) is 1.19.